The smallest absolute Gasteiger partial charge is 0.0343 e. The van der Waals surface area contributed by atoms with Gasteiger partial charge in [-0.3, -0.25) is 0 Å². The summed E-state index contributed by atoms with van der Waals surface area (Å²) in [5.74, 6) is 0. The van der Waals surface area contributed by atoms with E-state index in [-0.39, 0.29) is 0 Å². The minimum Gasteiger partial charge on any atom is -0.385 e. The summed E-state index contributed by atoms with van der Waals surface area (Å²) in [7, 11) is 0. The lowest BCUT2D eigenvalue weighted by molar-refractivity contribution is 0.389. The second-order valence-electron chi connectivity index (χ2n) is 4.83. The van der Waals surface area contributed by atoms with Crippen LogP contribution in [-0.4, -0.2) is 19.1 Å². The highest BCUT2D eigenvalue weighted by molar-refractivity contribution is 9.10. The lowest BCUT2D eigenvalue weighted by Gasteiger charge is -2.23. The van der Waals surface area contributed by atoms with Crippen molar-refractivity contribution in [1.82, 2.24) is 5.32 Å². The monoisotopic (exact) mass is 296 g/mol. The summed E-state index contributed by atoms with van der Waals surface area (Å²) < 4.78 is 1.18. The number of nitrogens with one attached hydrogen (secondary N) is 2. The van der Waals surface area contributed by atoms with Crippen LogP contribution in [0.25, 0.3) is 0 Å². The van der Waals surface area contributed by atoms with Gasteiger partial charge in [0.25, 0.3) is 0 Å². The van der Waals surface area contributed by atoms with Crippen LogP contribution in [0.3, 0.4) is 0 Å². The predicted molar refractivity (Wildman–Crippen MR) is 77.6 cm³/mol. The average Bonchev–Trinajstić information content (AvgIpc) is 2.35. The van der Waals surface area contributed by atoms with Gasteiger partial charge >= 0.3 is 0 Å². The minimum atomic E-state index is 0.716. The van der Waals surface area contributed by atoms with Crippen molar-refractivity contribution in [3.05, 3.63) is 28.2 Å². The van der Waals surface area contributed by atoms with Crippen LogP contribution in [0.2, 0.25) is 0 Å². The zero-order valence-corrected chi connectivity index (χ0v) is 12.0. The SMILES string of the molecule is Cc1cc(NCCC2CCCCN2)ccc1Br. The molecule has 0 amide bonds. The van der Waals surface area contributed by atoms with Crippen molar-refractivity contribution in [3.63, 3.8) is 0 Å². The summed E-state index contributed by atoms with van der Waals surface area (Å²) in [5, 5.41) is 7.08. The molecule has 1 saturated heterocycles. The highest BCUT2D eigenvalue weighted by Gasteiger charge is 2.11. The van der Waals surface area contributed by atoms with Gasteiger partial charge in [0.1, 0.15) is 0 Å². The van der Waals surface area contributed by atoms with Gasteiger partial charge in [-0.05, 0) is 56.5 Å². The van der Waals surface area contributed by atoms with E-state index in [1.54, 1.807) is 0 Å². The number of halogens is 1. The number of hydrogen-bond donors (Lipinski definition) is 2. The molecule has 94 valence electrons. The molecule has 1 aliphatic heterocycles. The molecule has 1 fully saturated rings. The molecular weight excluding hydrogens is 276 g/mol. The number of anilines is 1. The van der Waals surface area contributed by atoms with Crippen LogP contribution >= 0.6 is 15.9 Å². The Labute approximate surface area is 112 Å². The summed E-state index contributed by atoms with van der Waals surface area (Å²) >= 11 is 3.52. The maximum atomic E-state index is 3.58. The molecule has 2 rings (SSSR count). The maximum Gasteiger partial charge on any atom is 0.0343 e. The first-order chi connectivity index (χ1) is 8.25. The zero-order chi connectivity index (χ0) is 12.1. The third-order valence-corrected chi connectivity index (χ3v) is 4.28. The molecule has 0 spiro atoms. The molecule has 0 radical (unpaired) electrons. The number of aryl methyl sites for hydroxylation is 1. The van der Waals surface area contributed by atoms with Crippen LogP contribution in [0, 0.1) is 6.92 Å². The fourth-order valence-electron chi connectivity index (χ4n) is 2.32. The molecule has 3 heteroatoms. The van der Waals surface area contributed by atoms with Gasteiger partial charge in [0, 0.05) is 22.7 Å². The van der Waals surface area contributed by atoms with Crippen molar-refractivity contribution in [3.8, 4) is 0 Å². The van der Waals surface area contributed by atoms with E-state index >= 15 is 0 Å². The molecule has 0 bridgehead atoms. The second kappa shape index (κ2) is 6.41. The highest BCUT2D eigenvalue weighted by atomic mass is 79.9. The highest BCUT2D eigenvalue weighted by Crippen LogP contribution is 2.20. The Balaban J connectivity index is 1.75. The fourth-order valence-corrected chi connectivity index (χ4v) is 2.56. The second-order valence-corrected chi connectivity index (χ2v) is 5.68. The summed E-state index contributed by atoms with van der Waals surface area (Å²) in [6.07, 6.45) is 5.28. The molecule has 2 N–H and O–H groups in total. The molecule has 1 aromatic carbocycles. The Morgan fingerprint density at radius 3 is 3.00 bits per heavy atom. The van der Waals surface area contributed by atoms with Crippen molar-refractivity contribution in [2.45, 2.75) is 38.6 Å². The van der Waals surface area contributed by atoms with Crippen LogP contribution in [0.15, 0.2) is 22.7 Å². The minimum absolute atomic E-state index is 0.716. The Kier molecular flexibility index (Phi) is 4.86. The van der Waals surface area contributed by atoms with Gasteiger partial charge in [0.2, 0.25) is 0 Å². The largest absolute Gasteiger partial charge is 0.385 e. The van der Waals surface area contributed by atoms with Crippen LogP contribution in [0.4, 0.5) is 5.69 Å². The first-order valence-corrected chi connectivity index (χ1v) is 7.28. The Morgan fingerprint density at radius 2 is 2.29 bits per heavy atom. The lowest BCUT2D eigenvalue weighted by Crippen LogP contribution is -2.35. The van der Waals surface area contributed by atoms with Crippen molar-refractivity contribution in [2.75, 3.05) is 18.4 Å². The third kappa shape index (κ3) is 4.00. The zero-order valence-electron chi connectivity index (χ0n) is 10.4. The van der Waals surface area contributed by atoms with E-state index in [1.807, 2.05) is 0 Å². The molecule has 1 unspecified atom stereocenters. The van der Waals surface area contributed by atoms with Gasteiger partial charge < -0.3 is 10.6 Å². The predicted octanol–water partition coefficient (Wildman–Crippen LogP) is 3.70. The van der Waals surface area contributed by atoms with Crippen LogP contribution in [0.1, 0.15) is 31.2 Å². The number of benzene rings is 1. The van der Waals surface area contributed by atoms with Crippen LogP contribution in [-0.2, 0) is 0 Å². The topological polar surface area (TPSA) is 24.1 Å². The number of piperidine rings is 1. The van der Waals surface area contributed by atoms with E-state index in [0.717, 1.165) is 6.54 Å². The normalized spacial score (nSPS) is 20.2. The molecule has 0 aliphatic carbocycles. The van der Waals surface area contributed by atoms with Crippen LogP contribution < -0.4 is 10.6 Å². The van der Waals surface area contributed by atoms with Gasteiger partial charge in [-0.1, -0.05) is 22.4 Å². The van der Waals surface area contributed by atoms with Crippen molar-refractivity contribution in [1.29, 1.82) is 0 Å². The van der Waals surface area contributed by atoms with Gasteiger partial charge in [0.15, 0.2) is 0 Å². The maximum absolute atomic E-state index is 3.58. The van der Waals surface area contributed by atoms with Gasteiger partial charge in [-0.25, -0.2) is 0 Å². The number of rotatable bonds is 4. The van der Waals surface area contributed by atoms with Gasteiger partial charge in [-0.2, -0.15) is 0 Å². The van der Waals surface area contributed by atoms with E-state index in [1.165, 1.54) is 48.0 Å². The molecule has 0 aromatic heterocycles. The standard InChI is InChI=1S/C14H21BrN2/c1-11-10-13(5-6-14(11)15)17-9-7-12-4-2-3-8-16-12/h5-6,10,12,16-17H,2-4,7-9H2,1H3. The molecule has 2 nitrogen and oxygen atoms in total. The van der Waals surface area contributed by atoms with E-state index in [4.69, 9.17) is 0 Å². The molecule has 1 atom stereocenters. The molecule has 1 aromatic rings. The quantitative estimate of drug-likeness (QED) is 0.885. The first-order valence-electron chi connectivity index (χ1n) is 6.49. The average molecular weight is 297 g/mol. The van der Waals surface area contributed by atoms with Crippen molar-refractivity contribution >= 4 is 21.6 Å². The summed E-state index contributed by atoms with van der Waals surface area (Å²) in [6, 6.07) is 7.15. The number of hydrogen-bond acceptors (Lipinski definition) is 2. The molecule has 1 heterocycles. The fraction of sp³-hybridized carbons (Fsp3) is 0.571. The molecule has 0 saturated carbocycles. The molecular formula is C14H21BrN2. The van der Waals surface area contributed by atoms with Crippen molar-refractivity contribution in [2.24, 2.45) is 0 Å². The van der Waals surface area contributed by atoms with Gasteiger partial charge in [0.05, 0.1) is 0 Å². The van der Waals surface area contributed by atoms with E-state index in [0.29, 0.717) is 6.04 Å². The summed E-state index contributed by atoms with van der Waals surface area (Å²) in [6.45, 7) is 4.37. The van der Waals surface area contributed by atoms with Gasteiger partial charge in [-0.15, -0.1) is 0 Å². The molecule has 17 heavy (non-hydrogen) atoms. The summed E-state index contributed by atoms with van der Waals surface area (Å²) in [5.41, 5.74) is 2.51. The van der Waals surface area contributed by atoms with Crippen molar-refractivity contribution < 1.29 is 0 Å². The third-order valence-electron chi connectivity index (χ3n) is 3.39. The van der Waals surface area contributed by atoms with E-state index in [9.17, 15) is 0 Å². The first kappa shape index (κ1) is 12.9. The van der Waals surface area contributed by atoms with E-state index < -0.39 is 0 Å². The Morgan fingerprint density at radius 1 is 1.41 bits per heavy atom. The van der Waals surface area contributed by atoms with E-state index in [2.05, 4.69) is 51.7 Å². The van der Waals surface area contributed by atoms with Crippen LogP contribution in [0.5, 0.6) is 0 Å². The Hall–Kier alpha value is -0.540. The summed E-state index contributed by atoms with van der Waals surface area (Å²) in [4.78, 5) is 0. The Bertz CT molecular complexity index is 359. The molecule has 1 aliphatic rings. The lowest BCUT2D eigenvalue weighted by atomic mass is 10.0.